The Labute approximate surface area is 165 Å². The average Bonchev–Trinajstić information content (AvgIpc) is 3.10. The first-order valence-electron chi connectivity index (χ1n) is 9.28. The van der Waals surface area contributed by atoms with Crippen LogP contribution in [0.5, 0.6) is 5.75 Å². The van der Waals surface area contributed by atoms with Crippen molar-refractivity contribution >= 4 is 23.3 Å². The van der Waals surface area contributed by atoms with Crippen LogP contribution in [0.15, 0.2) is 48.5 Å². The third-order valence-corrected chi connectivity index (χ3v) is 5.16. The third kappa shape index (κ3) is 5.88. The summed E-state index contributed by atoms with van der Waals surface area (Å²) >= 11 is 6.07. The zero-order valence-corrected chi connectivity index (χ0v) is 16.3. The quantitative estimate of drug-likeness (QED) is 0.741. The molecule has 5 nitrogen and oxygen atoms in total. The van der Waals surface area contributed by atoms with Crippen molar-refractivity contribution in [3.8, 4) is 5.75 Å². The number of halogens is 1. The van der Waals surface area contributed by atoms with Crippen molar-refractivity contribution in [1.29, 1.82) is 0 Å². The number of ether oxygens (including phenoxy) is 1. The topological polar surface area (TPSA) is 53.6 Å². The van der Waals surface area contributed by atoms with E-state index < -0.39 is 0 Å². The number of amides is 2. The highest BCUT2D eigenvalue weighted by atomic mass is 35.5. The largest absolute Gasteiger partial charge is 0.495 e. The molecular weight excluding hydrogens is 362 g/mol. The van der Waals surface area contributed by atoms with Gasteiger partial charge in [0.15, 0.2) is 0 Å². The highest BCUT2D eigenvalue weighted by Crippen LogP contribution is 2.27. The van der Waals surface area contributed by atoms with Crippen molar-refractivity contribution in [1.82, 2.24) is 10.2 Å². The minimum absolute atomic E-state index is 0.213. The molecular formula is C21H26ClN3O2. The van der Waals surface area contributed by atoms with E-state index in [0.29, 0.717) is 28.9 Å². The van der Waals surface area contributed by atoms with E-state index in [9.17, 15) is 4.79 Å². The van der Waals surface area contributed by atoms with Crippen LogP contribution in [-0.4, -0.2) is 37.7 Å². The van der Waals surface area contributed by atoms with Crippen molar-refractivity contribution in [3.05, 3.63) is 59.1 Å². The molecule has 0 unspecified atom stereocenters. The van der Waals surface area contributed by atoms with E-state index in [0.717, 1.165) is 26.1 Å². The molecule has 0 spiro atoms. The van der Waals surface area contributed by atoms with Gasteiger partial charge in [0.1, 0.15) is 5.75 Å². The first kappa shape index (κ1) is 19.5. The molecule has 1 heterocycles. The summed E-state index contributed by atoms with van der Waals surface area (Å²) in [5, 5.41) is 6.20. The third-order valence-electron chi connectivity index (χ3n) is 4.87. The van der Waals surface area contributed by atoms with Crippen LogP contribution in [0.3, 0.4) is 0 Å². The Kier molecular flexibility index (Phi) is 6.96. The standard InChI is InChI=1S/C21H26ClN3O2/c1-27-20-8-7-18(13-19(20)22)24-21(26)23-11-9-17-10-12-25(15-17)14-16-5-3-2-4-6-16/h2-8,13,17H,9-12,14-15H2,1H3,(H2,23,24,26)/t17-/m0/s1. The number of nitrogens with zero attached hydrogens (tertiary/aromatic N) is 1. The molecule has 0 radical (unpaired) electrons. The number of methoxy groups -OCH3 is 1. The van der Waals surface area contributed by atoms with Gasteiger partial charge >= 0.3 is 6.03 Å². The van der Waals surface area contributed by atoms with Gasteiger partial charge in [0, 0.05) is 25.3 Å². The summed E-state index contributed by atoms with van der Waals surface area (Å²) in [6.07, 6.45) is 2.17. The van der Waals surface area contributed by atoms with Crippen molar-refractivity contribution in [2.75, 3.05) is 32.1 Å². The molecule has 2 N–H and O–H groups in total. The van der Waals surface area contributed by atoms with Crippen LogP contribution in [0.2, 0.25) is 5.02 Å². The van der Waals surface area contributed by atoms with Gasteiger partial charge < -0.3 is 15.4 Å². The fourth-order valence-corrected chi connectivity index (χ4v) is 3.70. The Morgan fingerprint density at radius 2 is 2.07 bits per heavy atom. The summed E-state index contributed by atoms with van der Waals surface area (Å²) in [4.78, 5) is 14.5. The summed E-state index contributed by atoms with van der Waals surface area (Å²) in [6.45, 7) is 3.88. The first-order valence-corrected chi connectivity index (χ1v) is 9.66. The number of rotatable bonds is 7. The Hall–Kier alpha value is -2.24. The fourth-order valence-electron chi connectivity index (χ4n) is 3.44. The highest BCUT2D eigenvalue weighted by Gasteiger charge is 2.22. The van der Waals surface area contributed by atoms with Gasteiger partial charge in [0.05, 0.1) is 12.1 Å². The van der Waals surface area contributed by atoms with Gasteiger partial charge in [0.25, 0.3) is 0 Å². The van der Waals surface area contributed by atoms with Crippen LogP contribution in [0.1, 0.15) is 18.4 Å². The molecule has 2 aromatic rings. The van der Waals surface area contributed by atoms with Crippen LogP contribution in [0.25, 0.3) is 0 Å². The number of carbonyl (C=O) groups excluding carboxylic acids is 1. The average molecular weight is 388 g/mol. The first-order chi connectivity index (χ1) is 13.1. The summed E-state index contributed by atoms with van der Waals surface area (Å²) in [6, 6.07) is 15.5. The molecule has 1 fully saturated rings. The molecule has 27 heavy (non-hydrogen) atoms. The Bertz CT molecular complexity index is 754. The summed E-state index contributed by atoms with van der Waals surface area (Å²) < 4.78 is 5.11. The predicted octanol–water partition coefficient (Wildman–Crippen LogP) is 4.38. The lowest BCUT2D eigenvalue weighted by molar-refractivity contribution is 0.251. The van der Waals surface area contributed by atoms with E-state index in [2.05, 4.69) is 39.8 Å². The molecule has 1 aliphatic rings. The normalized spacial score (nSPS) is 16.9. The van der Waals surface area contributed by atoms with E-state index in [1.165, 1.54) is 12.0 Å². The zero-order chi connectivity index (χ0) is 19.1. The number of carbonyl (C=O) groups is 1. The van der Waals surface area contributed by atoms with Gasteiger partial charge in [-0.25, -0.2) is 4.79 Å². The predicted molar refractivity (Wildman–Crippen MR) is 109 cm³/mol. The van der Waals surface area contributed by atoms with Crippen LogP contribution in [-0.2, 0) is 6.54 Å². The Morgan fingerprint density at radius 1 is 1.26 bits per heavy atom. The molecule has 144 valence electrons. The number of hydrogen-bond donors (Lipinski definition) is 2. The van der Waals surface area contributed by atoms with E-state index in [-0.39, 0.29) is 6.03 Å². The summed E-state index contributed by atoms with van der Waals surface area (Å²) in [5.41, 5.74) is 2.00. The highest BCUT2D eigenvalue weighted by molar-refractivity contribution is 6.32. The van der Waals surface area contributed by atoms with Crippen molar-refractivity contribution in [3.63, 3.8) is 0 Å². The SMILES string of the molecule is COc1ccc(NC(=O)NCC[C@H]2CCN(Cc3ccccc3)C2)cc1Cl. The van der Waals surface area contributed by atoms with Gasteiger partial charge in [-0.05, 0) is 49.1 Å². The number of benzene rings is 2. The van der Waals surface area contributed by atoms with Crippen molar-refractivity contribution in [2.24, 2.45) is 5.92 Å². The minimum atomic E-state index is -0.213. The minimum Gasteiger partial charge on any atom is -0.495 e. The van der Waals surface area contributed by atoms with E-state index in [1.54, 1.807) is 25.3 Å². The number of urea groups is 1. The lowest BCUT2D eigenvalue weighted by atomic mass is 10.1. The Morgan fingerprint density at radius 3 is 2.81 bits per heavy atom. The van der Waals surface area contributed by atoms with E-state index in [1.807, 2.05) is 6.07 Å². The Balaban J connectivity index is 1.36. The fraction of sp³-hybridized carbons (Fsp3) is 0.381. The maximum Gasteiger partial charge on any atom is 0.319 e. The second kappa shape index (κ2) is 9.62. The van der Waals surface area contributed by atoms with Crippen LogP contribution in [0.4, 0.5) is 10.5 Å². The molecule has 1 aliphatic heterocycles. The number of nitrogens with one attached hydrogen (secondary N) is 2. The van der Waals surface area contributed by atoms with Gasteiger partial charge in [-0.3, -0.25) is 4.90 Å². The number of anilines is 1. The zero-order valence-electron chi connectivity index (χ0n) is 15.6. The molecule has 3 rings (SSSR count). The van der Waals surface area contributed by atoms with Crippen LogP contribution in [0, 0.1) is 5.92 Å². The van der Waals surface area contributed by atoms with Gasteiger partial charge in [0.2, 0.25) is 0 Å². The smallest absolute Gasteiger partial charge is 0.319 e. The second-order valence-electron chi connectivity index (χ2n) is 6.89. The maximum absolute atomic E-state index is 12.1. The van der Waals surface area contributed by atoms with Gasteiger partial charge in [-0.1, -0.05) is 41.9 Å². The lowest BCUT2D eigenvalue weighted by Crippen LogP contribution is -2.31. The molecule has 0 aromatic heterocycles. The molecule has 2 aromatic carbocycles. The van der Waals surface area contributed by atoms with Crippen LogP contribution >= 0.6 is 11.6 Å². The van der Waals surface area contributed by atoms with E-state index >= 15 is 0 Å². The molecule has 6 heteroatoms. The van der Waals surface area contributed by atoms with Crippen LogP contribution < -0.4 is 15.4 Å². The monoisotopic (exact) mass is 387 g/mol. The number of hydrogen-bond acceptors (Lipinski definition) is 3. The van der Waals surface area contributed by atoms with Gasteiger partial charge in [-0.15, -0.1) is 0 Å². The second-order valence-corrected chi connectivity index (χ2v) is 7.30. The van der Waals surface area contributed by atoms with Crippen molar-refractivity contribution in [2.45, 2.75) is 19.4 Å². The molecule has 0 saturated carbocycles. The molecule has 1 atom stereocenters. The van der Waals surface area contributed by atoms with E-state index in [4.69, 9.17) is 16.3 Å². The summed E-state index contributed by atoms with van der Waals surface area (Å²) in [7, 11) is 1.56. The molecule has 0 aliphatic carbocycles. The molecule has 0 bridgehead atoms. The summed E-state index contributed by atoms with van der Waals surface area (Å²) in [5.74, 6) is 1.22. The number of likely N-dealkylation sites (tertiary alicyclic amines) is 1. The van der Waals surface area contributed by atoms with Crippen molar-refractivity contribution < 1.29 is 9.53 Å². The lowest BCUT2D eigenvalue weighted by Gasteiger charge is -2.16. The maximum atomic E-state index is 12.1. The molecule has 2 amide bonds. The van der Waals surface area contributed by atoms with Gasteiger partial charge in [-0.2, -0.15) is 0 Å². The molecule has 1 saturated heterocycles.